The standard InChI is InChI=1S/C15H12FIN2O2/c1-9(20)18-10-6-7-12(16)14(8-10)19-15(21)11-4-2-3-5-13(11)17/h2-8H,1H3,(H,18,20)(H,19,21). The molecule has 0 atom stereocenters. The molecule has 0 aliphatic carbocycles. The molecule has 21 heavy (non-hydrogen) atoms. The predicted molar refractivity (Wildman–Crippen MR) is 87.8 cm³/mol. The molecule has 2 aromatic carbocycles. The Morgan fingerprint density at radius 3 is 2.48 bits per heavy atom. The summed E-state index contributed by atoms with van der Waals surface area (Å²) in [5.41, 5.74) is 0.898. The van der Waals surface area contributed by atoms with Gasteiger partial charge in [-0.25, -0.2) is 4.39 Å². The van der Waals surface area contributed by atoms with Crippen molar-refractivity contribution < 1.29 is 14.0 Å². The number of hydrogen-bond acceptors (Lipinski definition) is 2. The molecular weight excluding hydrogens is 386 g/mol. The van der Waals surface area contributed by atoms with Crippen LogP contribution in [0.2, 0.25) is 0 Å². The number of hydrogen-bond donors (Lipinski definition) is 2. The molecule has 0 aliphatic heterocycles. The van der Waals surface area contributed by atoms with Crippen LogP contribution in [-0.2, 0) is 4.79 Å². The number of benzene rings is 2. The summed E-state index contributed by atoms with van der Waals surface area (Å²) in [5.74, 6) is -1.24. The Bertz CT molecular complexity index is 704. The number of carbonyl (C=O) groups is 2. The normalized spacial score (nSPS) is 10.0. The number of anilines is 2. The number of rotatable bonds is 3. The van der Waals surface area contributed by atoms with Crippen molar-refractivity contribution in [3.8, 4) is 0 Å². The highest BCUT2D eigenvalue weighted by Crippen LogP contribution is 2.21. The van der Waals surface area contributed by atoms with E-state index in [0.717, 1.165) is 3.57 Å². The van der Waals surface area contributed by atoms with Gasteiger partial charge in [-0.05, 0) is 52.9 Å². The first-order chi connectivity index (χ1) is 9.97. The summed E-state index contributed by atoms with van der Waals surface area (Å²) < 4.78 is 14.5. The van der Waals surface area contributed by atoms with Crippen LogP contribution in [0.3, 0.4) is 0 Å². The van der Waals surface area contributed by atoms with Crippen molar-refractivity contribution in [3.63, 3.8) is 0 Å². The molecule has 2 N–H and O–H groups in total. The van der Waals surface area contributed by atoms with Gasteiger partial charge in [-0.1, -0.05) is 12.1 Å². The zero-order chi connectivity index (χ0) is 15.4. The largest absolute Gasteiger partial charge is 0.326 e. The maximum Gasteiger partial charge on any atom is 0.256 e. The molecule has 0 unspecified atom stereocenters. The average Bonchev–Trinajstić information content (AvgIpc) is 2.42. The molecule has 0 saturated carbocycles. The van der Waals surface area contributed by atoms with Crippen LogP contribution in [0.5, 0.6) is 0 Å². The van der Waals surface area contributed by atoms with Crippen LogP contribution in [0.1, 0.15) is 17.3 Å². The lowest BCUT2D eigenvalue weighted by Crippen LogP contribution is -2.15. The van der Waals surface area contributed by atoms with Gasteiger partial charge >= 0.3 is 0 Å². The fourth-order valence-electron chi connectivity index (χ4n) is 1.74. The van der Waals surface area contributed by atoms with E-state index in [4.69, 9.17) is 0 Å². The van der Waals surface area contributed by atoms with Crippen molar-refractivity contribution in [1.29, 1.82) is 0 Å². The summed E-state index contributed by atoms with van der Waals surface area (Å²) in [4.78, 5) is 23.2. The van der Waals surface area contributed by atoms with E-state index in [-0.39, 0.29) is 11.6 Å². The molecule has 2 aromatic rings. The van der Waals surface area contributed by atoms with E-state index in [0.29, 0.717) is 11.3 Å². The topological polar surface area (TPSA) is 58.2 Å². The van der Waals surface area contributed by atoms with Gasteiger partial charge in [0.15, 0.2) is 0 Å². The molecule has 108 valence electrons. The number of nitrogens with one attached hydrogen (secondary N) is 2. The van der Waals surface area contributed by atoms with E-state index in [1.807, 2.05) is 28.7 Å². The SMILES string of the molecule is CC(=O)Nc1ccc(F)c(NC(=O)c2ccccc2I)c1. The summed E-state index contributed by atoms with van der Waals surface area (Å²) in [7, 11) is 0. The lowest BCUT2D eigenvalue weighted by atomic mass is 10.2. The zero-order valence-corrected chi connectivity index (χ0v) is 13.3. The molecular formula is C15H12FIN2O2. The molecule has 0 bridgehead atoms. The van der Waals surface area contributed by atoms with Gasteiger partial charge in [0.05, 0.1) is 11.3 Å². The minimum Gasteiger partial charge on any atom is -0.326 e. The second-order valence-electron chi connectivity index (χ2n) is 4.31. The molecule has 2 amide bonds. The average molecular weight is 398 g/mol. The van der Waals surface area contributed by atoms with Crippen LogP contribution in [-0.4, -0.2) is 11.8 Å². The van der Waals surface area contributed by atoms with Crippen LogP contribution in [0.4, 0.5) is 15.8 Å². The molecule has 0 saturated heterocycles. The molecule has 4 nitrogen and oxygen atoms in total. The van der Waals surface area contributed by atoms with Gasteiger partial charge < -0.3 is 10.6 Å². The Balaban J connectivity index is 2.24. The quantitative estimate of drug-likeness (QED) is 0.776. The van der Waals surface area contributed by atoms with Gasteiger partial charge in [-0.3, -0.25) is 9.59 Å². The fourth-order valence-corrected chi connectivity index (χ4v) is 2.37. The first-order valence-electron chi connectivity index (χ1n) is 6.10. The molecule has 0 spiro atoms. The Morgan fingerprint density at radius 2 is 1.81 bits per heavy atom. The maximum atomic E-state index is 13.8. The third-order valence-corrected chi connectivity index (χ3v) is 3.59. The van der Waals surface area contributed by atoms with Crippen LogP contribution < -0.4 is 10.6 Å². The van der Waals surface area contributed by atoms with Gasteiger partial charge in [-0.15, -0.1) is 0 Å². The predicted octanol–water partition coefficient (Wildman–Crippen LogP) is 3.64. The maximum absolute atomic E-state index is 13.8. The molecule has 0 fully saturated rings. The second kappa shape index (κ2) is 6.66. The van der Waals surface area contributed by atoms with E-state index >= 15 is 0 Å². The second-order valence-corrected chi connectivity index (χ2v) is 5.47. The van der Waals surface area contributed by atoms with Crippen molar-refractivity contribution in [2.45, 2.75) is 6.92 Å². The smallest absolute Gasteiger partial charge is 0.256 e. The number of carbonyl (C=O) groups excluding carboxylic acids is 2. The van der Waals surface area contributed by atoms with Crippen molar-refractivity contribution in [2.75, 3.05) is 10.6 Å². The number of amides is 2. The van der Waals surface area contributed by atoms with Crippen molar-refractivity contribution in [1.82, 2.24) is 0 Å². The Morgan fingerprint density at radius 1 is 1.10 bits per heavy atom. The fraction of sp³-hybridized carbons (Fsp3) is 0.0667. The summed E-state index contributed by atoms with van der Waals surface area (Å²) in [6.45, 7) is 1.36. The monoisotopic (exact) mass is 398 g/mol. The molecule has 0 heterocycles. The number of halogens is 2. The first-order valence-corrected chi connectivity index (χ1v) is 7.18. The van der Waals surface area contributed by atoms with Crippen LogP contribution >= 0.6 is 22.6 Å². The summed E-state index contributed by atoms with van der Waals surface area (Å²) >= 11 is 2.04. The Hall–Kier alpha value is -1.96. The minimum atomic E-state index is -0.566. The zero-order valence-electron chi connectivity index (χ0n) is 11.1. The van der Waals surface area contributed by atoms with Gasteiger partial charge in [0, 0.05) is 16.2 Å². The van der Waals surface area contributed by atoms with Gasteiger partial charge in [0.25, 0.3) is 5.91 Å². The van der Waals surface area contributed by atoms with E-state index in [1.165, 1.54) is 25.1 Å². The van der Waals surface area contributed by atoms with Crippen molar-refractivity contribution in [2.24, 2.45) is 0 Å². The Labute approximate surface area is 134 Å². The highest BCUT2D eigenvalue weighted by atomic mass is 127. The molecule has 2 rings (SSSR count). The highest BCUT2D eigenvalue weighted by molar-refractivity contribution is 14.1. The van der Waals surface area contributed by atoms with Crippen molar-refractivity contribution in [3.05, 3.63) is 57.4 Å². The van der Waals surface area contributed by atoms with Crippen LogP contribution in [0.15, 0.2) is 42.5 Å². The molecule has 0 aliphatic rings. The first kappa shape index (κ1) is 15.4. The molecule has 6 heteroatoms. The van der Waals surface area contributed by atoms with Gasteiger partial charge in [0.1, 0.15) is 5.82 Å². The van der Waals surface area contributed by atoms with E-state index < -0.39 is 11.7 Å². The third kappa shape index (κ3) is 4.01. The van der Waals surface area contributed by atoms with E-state index in [2.05, 4.69) is 10.6 Å². The van der Waals surface area contributed by atoms with E-state index in [1.54, 1.807) is 18.2 Å². The molecule has 0 aromatic heterocycles. The summed E-state index contributed by atoms with van der Waals surface area (Å²) in [5, 5.41) is 5.05. The Kier molecular flexibility index (Phi) is 4.89. The van der Waals surface area contributed by atoms with Gasteiger partial charge in [0.2, 0.25) is 5.91 Å². The third-order valence-electron chi connectivity index (χ3n) is 2.65. The summed E-state index contributed by atoms with van der Waals surface area (Å²) in [6, 6.07) is 11.0. The van der Waals surface area contributed by atoms with Crippen LogP contribution in [0.25, 0.3) is 0 Å². The van der Waals surface area contributed by atoms with Crippen LogP contribution in [0, 0.1) is 9.39 Å². The van der Waals surface area contributed by atoms with Crippen molar-refractivity contribution >= 4 is 45.8 Å². The highest BCUT2D eigenvalue weighted by Gasteiger charge is 2.12. The van der Waals surface area contributed by atoms with E-state index in [9.17, 15) is 14.0 Å². The lowest BCUT2D eigenvalue weighted by molar-refractivity contribution is -0.114. The molecule has 0 radical (unpaired) electrons. The minimum absolute atomic E-state index is 0.0194. The summed E-state index contributed by atoms with van der Waals surface area (Å²) in [6.07, 6.45) is 0. The van der Waals surface area contributed by atoms with Gasteiger partial charge in [-0.2, -0.15) is 0 Å². The lowest BCUT2D eigenvalue weighted by Gasteiger charge is -2.10.